The average Bonchev–Trinajstić information content (AvgIpc) is 3.34. The van der Waals surface area contributed by atoms with E-state index in [0.717, 1.165) is 39.5 Å². The van der Waals surface area contributed by atoms with E-state index >= 15 is 0 Å². The molecule has 5 aromatic rings. The molecular weight excluding hydrogens is 504 g/mol. The number of fused-ring (bicyclic) bond motifs is 4. The minimum absolute atomic E-state index is 0.850. The van der Waals surface area contributed by atoms with E-state index in [1.807, 2.05) is 16.9 Å². The number of benzene rings is 3. The Bertz CT molecular complexity index is 1240. The maximum atomic E-state index is 4.62. The van der Waals surface area contributed by atoms with Gasteiger partial charge in [0.25, 0.3) is 0 Å². The monoisotopic (exact) mass is 524 g/mol. The van der Waals surface area contributed by atoms with Crippen LogP contribution in [0.4, 0.5) is 0 Å². The first-order valence-electron chi connectivity index (χ1n) is 10.4. The molecule has 0 fully saturated rings. The van der Waals surface area contributed by atoms with Crippen LogP contribution in [0.3, 0.4) is 0 Å². The van der Waals surface area contributed by atoms with Gasteiger partial charge < -0.3 is 4.57 Å². The van der Waals surface area contributed by atoms with Crippen molar-refractivity contribution in [3.8, 4) is 0 Å². The Kier molecular flexibility index (Phi) is 5.61. The number of para-hydroxylation sites is 2. The first-order valence-corrected chi connectivity index (χ1v) is 12.0. The predicted octanol–water partition coefficient (Wildman–Crippen LogP) is 7.32. The van der Waals surface area contributed by atoms with Crippen molar-refractivity contribution < 1.29 is 0 Å². The zero-order chi connectivity index (χ0) is 20.5. The minimum Gasteiger partial charge on any atom is -0.340 e. The van der Waals surface area contributed by atoms with Crippen LogP contribution in [0.1, 0.15) is 25.7 Å². The standard InChI is InChI=1S/C24H22Br2N4/c25-19-13-14-20(26)24-23(19)27-30(28-24)16-8-2-1-7-15-29-21-11-5-3-9-17(21)18-10-4-6-12-22(18)29/h3-6,9-14H,1-2,7-8,15-16H2. The molecule has 0 radical (unpaired) electrons. The van der Waals surface area contributed by atoms with Crippen LogP contribution in [0, 0.1) is 0 Å². The number of aromatic nitrogens is 4. The lowest BCUT2D eigenvalue weighted by atomic mass is 10.2. The van der Waals surface area contributed by atoms with Gasteiger partial charge in [0.15, 0.2) is 0 Å². The quantitative estimate of drug-likeness (QED) is 0.208. The summed E-state index contributed by atoms with van der Waals surface area (Å²) in [5, 5.41) is 11.9. The molecule has 2 aromatic heterocycles. The maximum Gasteiger partial charge on any atom is 0.128 e. The first-order chi connectivity index (χ1) is 14.7. The number of nitrogens with zero attached hydrogens (tertiary/aromatic N) is 4. The Morgan fingerprint density at radius 2 is 1.10 bits per heavy atom. The second-order valence-electron chi connectivity index (χ2n) is 7.62. The minimum atomic E-state index is 0.850. The van der Waals surface area contributed by atoms with Gasteiger partial charge in [0.2, 0.25) is 0 Å². The molecule has 0 saturated heterocycles. The van der Waals surface area contributed by atoms with Crippen LogP contribution < -0.4 is 0 Å². The van der Waals surface area contributed by atoms with Crippen molar-refractivity contribution in [1.29, 1.82) is 0 Å². The molecule has 0 amide bonds. The van der Waals surface area contributed by atoms with E-state index in [0.29, 0.717) is 0 Å². The van der Waals surface area contributed by atoms with Crippen molar-refractivity contribution in [1.82, 2.24) is 19.6 Å². The zero-order valence-electron chi connectivity index (χ0n) is 16.6. The third kappa shape index (κ3) is 3.67. The molecular formula is C24H22Br2N4. The van der Waals surface area contributed by atoms with Crippen molar-refractivity contribution in [2.24, 2.45) is 0 Å². The third-order valence-corrected chi connectivity index (χ3v) is 6.93. The summed E-state index contributed by atoms with van der Waals surface area (Å²) in [6.07, 6.45) is 4.64. The van der Waals surface area contributed by atoms with E-state index in [2.05, 4.69) is 95.2 Å². The number of unbranched alkanes of at least 4 members (excludes halogenated alkanes) is 3. The van der Waals surface area contributed by atoms with Gasteiger partial charge in [0.05, 0.1) is 6.54 Å². The largest absolute Gasteiger partial charge is 0.340 e. The molecule has 4 nitrogen and oxygen atoms in total. The molecule has 0 unspecified atom stereocenters. The van der Waals surface area contributed by atoms with E-state index in [1.165, 1.54) is 41.1 Å². The summed E-state index contributed by atoms with van der Waals surface area (Å²) in [5.41, 5.74) is 4.50. The maximum absolute atomic E-state index is 4.62. The Balaban J connectivity index is 1.20. The highest BCUT2D eigenvalue weighted by atomic mass is 79.9. The van der Waals surface area contributed by atoms with Crippen molar-refractivity contribution in [3.63, 3.8) is 0 Å². The van der Waals surface area contributed by atoms with Gasteiger partial charge >= 0.3 is 0 Å². The van der Waals surface area contributed by atoms with Gasteiger partial charge in [-0.25, -0.2) is 0 Å². The molecule has 0 N–H and O–H groups in total. The highest BCUT2D eigenvalue weighted by molar-refractivity contribution is 9.11. The van der Waals surface area contributed by atoms with Crippen molar-refractivity contribution in [2.45, 2.75) is 38.8 Å². The summed E-state index contributed by atoms with van der Waals surface area (Å²) in [6, 6.07) is 21.5. The average molecular weight is 526 g/mol. The molecule has 0 aliphatic heterocycles. The summed E-state index contributed by atoms with van der Waals surface area (Å²) in [5.74, 6) is 0. The van der Waals surface area contributed by atoms with Crippen LogP contribution in [0.5, 0.6) is 0 Å². The van der Waals surface area contributed by atoms with E-state index < -0.39 is 0 Å². The van der Waals surface area contributed by atoms with Gasteiger partial charge in [0.1, 0.15) is 11.0 Å². The van der Waals surface area contributed by atoms with Crippen molar-refractivity contribution in [3.05, 3.63) is 69.6 Å². The molecule has 5 rings (SSSR count). The molecule has 3 aromatic carbocycles. The molecule has 0 bridgehead atoms. The van der Waals surface area contributed by atoms with Gasteiger partial charge in [-0.05, 0) is 69.0 Å². The highest BCUT2D eigenvalue weighted by Crippen LogP contribution is 2.29. The summed E-state index contributed by atoms with van der Waals surface area (Å²) in [7, 11) is 0. The van der Waals surface area contributed by atoms with E-state index in [9.17, 15) is 0 Å². The van der Waals surface area contributed by atoms with Crippen LogP contribution in [0.15, 0.2) is 69.6 Å². The molecule has 0 atom stereocenters. The van der Waals surface area contributed by atoms with Crippen LogP contribution in [-0.2, 0) is 13.1 Å². The summed E-state index contributed by atoms with van der Waals surface area (Å²) < 4.78 is 4.44. The van der Waals surface area contributed by atoms with Crippen LogP contribution in [0.2, 0.25) is 0 Å². The number of rotatable bonds is 7. The van der Waals surface area contributed by atoms with Crippen molar-refractivity contribution in [2.75, 3.05) is 0 Å². The molecule has 0 saturated carbocycles. The summed E-state index contributed by atoms with van der Waals surface area (Å²) >= 11 is 7.12. The molecule has 2 heterocycles. The smallest absolute Gasteiger partial charge is 0.128 e. The van der Waals surface area contributed by atoms with Crippen molar-refractivity contribution >= 4 is 64.7 Å². The fraction of sp³-hybridized carbons (Fsp3) is 0.250. The fourth-order valence-corrected chi connectivity index (χ4v) is 4.99. The molecule has 0 aliphatic carbocycles. The van der Waals surface area contributed by atoms with Crippen LogP contribution >= 0.6 is 31.9 Å². The fourth-order valence-electron chi connectivity index (χ4n) is 4.19. The number of hydrogen-bond acceptors (Lipinski definition) is 2. The van der Waals surface area contributed by atoms with E-state index in [-0.39, 0.29) is 0 Å². The Labute approximate surface area is 192 Å². The second-order valence-corrected chi connectivity index (χ2v) is 9.33. The lowest BCUT2D eigenvalue weighted by molar-refractivity contribution is 0.485. The van der Waals surface area contributed by atoms with Gasteiger partial charge in [-0.3, -0.25) is 0 Å². The normalized spacial score (nSPS) is 11.8. The molecule has 0 aliphatic rings. The van der Waals surface area contributed by atoms with Crippen LogP contribution in [-0.4, -0.2) is 19.6 Å². The van der Waals surface area contributed by atoms with Crippen LogP contribution in [0.25, 0.3) is 32.8 Å². The van der Waals surface area contributed by atoms with Gasteiger partial charge in [-0.2, -0.15) is 15.0 Å². The van der Waals surface area contributed by atoms with Gasteiger partial charge in [-0.15, -0.1) is 0 Å². The SMILES string of the molecule is Brc1ccc(Br)c2nn(CCCCCCn3c4ccccc4c4ccccc43)nc12. The predicted molar refractivity (Wildman–Crippen MR) is 131 cm³/mol. The Morgan fingerprint density at radius 1 is 0.600 bits per heavy atom. The topological polar surface area (TPSA) is 35.6 Å². The summed E-state index contributed by atoms with van der Waals surface area (Å²) in [4.78, 5) is 1.83. The first kappa shape index (κ1) is 19.8. The van der Waals surface area contributed by atoms with E-state index in [4.69, 9.17) is 0 Å². The zero-order valence-corrected chi connectivity index (χ0v) is 19.7. The van der Waals surface area contributed by atoms with E-state index in [1.54, 1.807) is 0 Å². The number of aryl methyl sites for hydroxylation is 2. The second kappa shape index (κ2) is 8.52. The third-order valence-electron chi connectivity index (χ3n) is 5.65. The summed E-state index contributed by atoms with van der Waals surface area (Å²) in [6.45, 7) is 1.90. The van der Waals surface area contributed by atoms with Gasteiger partial charge in [-0.1, -0.05) is 49.2 Å². The Morgan fingerprint density at radius 3 is 1.67 bits per heavy atom. The highest BCUT2D eigenvalue weighted by Gasteiger charge is 2.10. The number of hydrogen-bond donors (Lipinski definition) is 0. The lowest BCUT2D eigenvalue weighted by Crippen LogP contribution is -2.02. The molecule has 30 heavy (non-hydrogen) atoms. The molecule has 152 valence electrons. The number of halogens is 2. The molecule has 0 spiro atoms. The lowest BCUT2D eigenvalue weighted by Gasteiger charge is -2.07. The van der Waals surface area contributed by atoms with Gasteiger partial charge in [0, 0.05) is 37.3 Å². The Hall–Kier alpha value is -2.18. The molecule has 6 heteroatoms.